The Morgan fingerprint density at radius 3 is 2.89 bits per heavy atom. The molecule has 18 heavy (non-hydrogen) atoms. The summed E-state index contributed by atoms with van der Waals surface area (Å²) in [4.78, 5) is 11.9. The lowest BCUT2D eigenvalue weighted by molar-refractivity contribution is 0.0950. The van der Waals surface area contributed by atoms with Gasteiger partial charge in [-0.1, -0.05) is 0 Å². The molecule has 1 amide bonds. The van der Waals surface area contributed by atoms with E-state index in [1.54, 1.807) is 6.07 Å². The molecule has 0 aliphatic carbocycles. The molecule has 1 aliphatic rings. The quantitative estimate of drug-likeness (QED) is 0.882. The molecule has 5 heteroatoms. The molecule has 1 saturated heterocycles. The number of amides is 1. The van der Waals surface area contributed by atoms with Gasteiger partial charge in [-0.15, -0.1) is 12.4 Å². The topological polar surface area (TPSA) is 54.3 Å². The fraction of sp³-hybridized carbons (Fsp3) is 0.615. The van der Waals surface area contributed by atoms with Gasteiger partial charge in [-0.25, -0.2) is 0 Å². The molecule has 1 aromatic heterocycles. The first kappa shape index (κ1) is 15.1. The molecule has 1 fully saturated rings. The second-order valence-corrected chi connectivity index (χ2v) is 4.73. The van der Waals surface area contributed by atoms with Crippen LogP contribution in [0.25, 0.3) is 0 Å². The zero-order chi connectivity index (χ0) is 12.3. The minimum absolute atomic E-state index is 0. The number of carbonyl (C=O) groups is 1. The van der Waals surface area contributed by atoms with E-state index in [9.17, 15) is 4.79 Å². The van der Waals surface area contributed by atoms with Crippen LogP contribution in [0.1, 0.15) is 34.7 Å². The molecule has 1 aliphatic heterocycles. The third-order valence-electron chi connectivity index (χ3n) is 3.29. The van der Waals surface area contributed by atoms with E-state index >= 15 is 0 Å². The van der Waals surface area contributed by atoms with Crippen molar-refractivity contribution in [2.75, 3.05) is 19.6 Å². The van der Waals surface area contributed by atoms with Gasteiger partial charge in [-0.3, -0.25) is 4.79 Å². The van der Waals surface area contributed by atoms with E-state index < -0.39 is 0 Å². The van der Waals surface area contributed by atoms with Crippen LogP contribution in [0, 0.1) is 19.8 Å². The van der Waals surface area contributed by atoms with Gasteiger partial charge in [0, 0.05) is 6.54 Å². The highest BCUT2D eigenvalue weighted by Crippen LogP contribution is 2.14. The molecular formula is C13H21ClN2O2. The Bertz CT molecular complexity index is 398. The first-order valence-corrected chi connectivity index (χ1v) is 6.23. The maximum absolute atomic E-state index is 11.9. The van der Waals surface area contributed by atoms with Crippen molar-refractivity contribution in [2.24, 2.45) is 5.92 Å². The lowest BCUT2D eigenvalue weighted by atomic mass is 10.1. The Hall–Kier alpha value is -1.000. The summed E-state index contributed by atoms with van der Waals surface area (Å²) < 4.78 is 5.34. The Balaban J connectivity index is 0.00000162. The maximum atomic E-state index is 11.9. The molecule has 0 spiro atoms. The van der Waals surface area contributed by atoms with E-state index in [0.29, 0.717) is 17.2 Å². The first-order valence-electron chi connectivity index (χ1n) is 6.23. The van der Waals surface area contributed by atoms with Crippen LogP contribution in [0.5, 0.6) is 0 Å². The Morgan fingerprint density at radius 2 is 2.33 bits per heavy atom. The number of halogens is 1. The third-order valence-corrected chi connectivity index (χ3v) is 3.29. The van der Waals surface area contributed by atoms with Crippen LogP contribution < -0.4 is 10.6 Å². The van der Waals surface area contributed by atoms with Crippen LogP contribution >= 0.6 is 12.4 Å². The second-order valence-electron chi connectivity index (χ2n) is 4.73. The second kappa shape index (κ2) is 6.81. The molecule has 0 saturated carbocycles. The van der Waals surface area contributed by atoms with Gasteiger partial charge in [0.1, 0.15) is 11.5 Å². The number of rotatable bonds is 4. The van der Waals surface area contributed by atoms with Crippen molar-refractivity contribution >= 4 is 18.3 Å². The summed E-state index contributed by atoms with van der Waals surface area (Å²) in [5.74, 6) is 2.17. The highest BCUT2D eigenvalue weighted by molar-refractivity contribution is 5.95. The van der Waals surface area contributed by atoms with E-state index in [0.717, 1.165) is 31.8 Å². The molecule has 1 atom stereocenters. The van der Waals surface area contributed by atoms with Gasteiger partial charge in [0.2, 0.25) is 0 Å². The molecule has 0 aromatic carbocycles. The van der Waals surface area contributed by atoms with Crippen molar-refractivity contribution in [1.82, 2.24) is 10.6 Å². The Morgan fingerprint density at radius 1 is 1.56 bits per heavy atom. The van der Waals surface area contributed by atoms with Crippen LogP contribution in [0.15, 0.2) is 10.5 Å². The highest BCUT2D eigenvalue weighted by atomic mass is 35.5. The number of furan rings is 1. The van der Waals surface area contributed by atoms with E-state index in [1.165, 1.54) is 6.42 Å². The average Bonchev–Trinajstić information content (AvgIpc) is 2.88. The van der Waals surface area contributed by atoms with Gasteiger partial charge in [0.25, 0.3) is 5.91 Å². The molecule has 4 nitrogen and oxygen atoms in total. The van der Waals surface area contributed by atoms with Crippen LogP contribution in [-0.4, -0.2) is 25.5 Å². The highest BCUT2D eigenvalue weighted by Gasteiger charge is 2.16. The molecule has 0 radical (unpaired) electrons. The number of aryl methyl sites for hydroxylation is 2. The fourth-order valence-corrected chi connectivity index (χ4v) is 2.30. The molecule has 1 aromatic rings. The maximum Gasteiger partial charge on any atom is 0.254 e. The van der Waals surface area contributed by atoms with E-state index in [1.807, 2.05) is 13.8 Å². The smallest absolute Gasteiger partial charge is 0.254 e. The number of nitrogens with one attached hydrogen (secondary N) is 2. The van der Waals surface area contributed by atoms with Crippen molar-refractivity contribution in [1.29, 1.82) is 0 Å². The molecule has 2 rings (SSSR count). The van der Waals surface area contributed by atoms with Crippen molar-refractivity contribution < 1.29 is 9.21 Å². The summed E-state index contributed by atoms with van der Waals surface area (Å²) >= 11 is 0. The average molecular weight is 273 g/mol. The standard InChI is InChI=1S/C13H20N2O2.ClH/c1-9-7-12(10(2)17-9)13(16)15-6-4-11-3-5-14-8-11;/h7,11,14H,3-6,8H2,1-2H3,(H,15,16);1H. The molecular weight excluding hydrogens is 252 g/mol. The SMILES string of the molecule is Cc1cc(C(=O)NCCC2CCNC2)c(C)o1.Cl. The van der Waals surface area contributed by atoms with E-state index in [2.05, 4.69) is 10.6 Å². The fourth-order valence-electron chi connectivity index (χ4n) is 2.30. The predicted molar refractivity (Wildman–Crippen MR) is 73.4 cm³/mol. The van der Waals surface area contributed by atoms with Gasteiger partial charge in [0.05, 0.1) is 5.56 Å². The molecule has 0 bridgehead atoms. The number of hydrogen-bond donors (Lipinski definition) is 2. The zero-order valence-corrected chi connectivity index (χ0v) is 11.7. The molecule has 1 unspecified atom stereocenters. The zero-order valence-electron chi connectivity index (χ0n) is 10.9. The summed E-state index contributed by atoms with van der Waals surface area (Å²) in [5, 5.41) is 6.28. The number of hydrogen-bond acceptors (Lipinski definition) is 3. The molecule has 2 N–H and O–H groups in total. The molecule has 102 valence electrons. The van der Waals surface area contributed by atoms with Gasteiger partial charge in [-0.05, 0) is 51.8 Å². The normalized spacial score (nSPS) is 18.4. The lowest BCUT2D eigenvalue weighted by Gasteiger charge is -2.08. The van der Waals surface area contributed by atoms with Crippen molar-refractivity contribution in [3.63, 3.8) is 0 Å². The van der Waals surface area contributed by atoms with Gasteiger partial charge in [0.15, 0.2) is 0 Å². The third kappa shape index (κ3) is 3.75. The van der Waals surface area contributed by atoms with E-state index in [4.69, 9.17) is 4.42 Å². The lowest BCUT2D eigenvalue weighted by Crippen LogP contribution is -2.26. The van der Waals surface area contributed by atoms with Crippen LogP contribution in [0.4, 0.5) is 0 Å². The van der Waals surface area contributed by atoms with Crippen molar-refractivity contribution in [3.05, 3.63) is 23.2 Å². The summed E-state index contributed by atoms with van der Waals surface area (Å²) in [6.07, 6.45) is 2.27. The van der Waals surface area contributed by atoms with Crippen LogP contribution in [-0.2, 0) is 0 Å². The monoisotopic (exact) mass is 272 g/mol. The summed E-state index contributed by atoms with van der Waals surface area (Å²) in [7, 11) is 0. The summed E-state index contributed by atoms with van der Waals surface area (Å²) in [6.45, 7) is 6.62. The minimum atomic E-state index is -0.0229. The van der Waals surface area contributed by atoms with Crippen molar-refractivity contribution in [3.8, 4) is 0 Å². The van der Waals surface area contributed by atoms with Gasteiger partial charge < -0.3 is 15.1 Å². The summed E-state index contributed by atoms with van der Waals surface area (Å²) in [5.41, 5.74) is 0.659. The predicted octanol–water partition coefficient (Wildman–Crippen LogP) is 2.05. The van der Waals surface area contributed by atoms with Gasteiger partial charge in [-0.2, -0.15) is 0 Å². The van der Waals surface area contributed by atoms with Gasteiger partial charge >= 0.3 is 0 Å². The van der Waals surface area contributed by atoms with Crippen LogP contribution in [0.3, 0.4) is 0 Å². The van der Waals surface area contributed by atoms with E-state index in [-0.39, 0.29) is 18.3 Å². The van der Waals surface area contributed by atoms with Crippen molar-refractivity contribution in [2.45, 2.75) is 26.7 Å². The van der Waals surface area contributed by atoms with Crippen LogP contribution in [0.2, 0.25) is 0 Å². The first-order chi connectivity index (χ1) is 8.16. The minimum Gasteiger partial charge on any atom is -0.466 e. The number of carbonyl (C=O) groups excluding carboxylic acids is 1. The Kier molecular flexibility index (Phi) is 5.69. The largest absolute Gasteiger partial charge is 0.466 e. The Labute approximate surface area is 114 Å². The summed E-state index contributed by atoms with van der Waals surface area (Å²) in [6, 6.07) is 1.79. The molecule has 2 heterocycles.